The molecule has 0 aliphatic carbocycles. The first kappa shape index (κ1) is 15.4. The van der Waals surface area contributed by atoms with Crippen molar-refractivity contribution in [3.8, 4) is 11.3 Å². The van der Waals surface area contributed by atoms with Gasteiger partial charge in [0.05, 0.1) is 16.8 Å². The standard InChI is InChI=1S/C20H15BrN4O/c21-11-1-3-13-15-9-19(25-18(13)7-11)16-10-24-17-4-2-12(8-14(16)17)22-5-6-23-20(15)26/h1-4,7-10,22,24H,5-6H2,(H,23,26). The van der Waals surface area contributed by atoms with E-state index in [1.165, 1.54) is 0 Å². The number of amides is 1. The van der Waals surface area contributed by atoms with Crippen LogP contribution in [0.5, 0.6) is 0 Å². The van der Waals surface area contributed by atoms with Gasteiger partial charge in [0.15, 0.2) is 0 Å². The number of fused-ring (bicyclic) bond motifs is 6. The topological polar surface area (TPSA) is 69.8 Å². The number of hydrogen-bond donors (Lipinski definition) is 3. The van der Waals surface area contributed by atoms with Crippen molar-refractivity contribution >= 4 is 49.3 Å². The minimum Gasteiger partial charge on any atom is -0.383 e. The lowest BCUT2D eigenvalue weighted by molar-refractivity contribution is 0.0957. The zero-order valence-corrected chi connectivity index (χ0v) is 15.4. The van der Waals surface area contributed by atoms with Gasteiger partial charge in [-0.3, -0.25) is 4.79 Å². The Hall–Kier alpha value is -2.86. The first-order valence-corrected chi connectivity index (χ1v) is 9.22. The van der Waals surface area contributed by atoms with Crippen LogP contribution < -0.4 is 10.6 Å². The number of benzene rings is 2. The van der Waals surface area contributed by atoms with Crippen molar-refractivity contribution in [2.24, 2.45) is 0 Å². The number of aromatic nitrogens is 2. The third-order valence-electron chi connectivity index (χ3n) is 4.71. The van der Waals surface area contributed by atoms with Crippen molar-refractivity contribution in [2.75, 3.05) is 18.4 Å². The minimum absolute atomic E-state index is 0.0845. The van der Waals surface area contributed by atoms with Gasteiger partial charge in [-0.25, -0.2) is 4.98 Å². The van der Waals surface area contributed by atoms with Gasteiger partial charge in [-0.15, -0.1) is 0 Å². The van der Waals surface area contributed by atoms with Crippen LogP contribution in [0.4, 0.5) is 5.69 Å². The molecule has 0 spiro atoms. The Labute approximate surface area is 157 Å². The third kappa shape index (κ3) is 2.45. The van der Waals surface area contributed by atoms with E-state index in [9.17, 15) is 4.79 Å². The van der Waals surface area contributed by atoms with Crippen LogP contribution in [-0.4, -0.2) is 29.0 Å². The Kier molecular flexibility index (Phi) is 3.46. The molecule has 5 rings (SSSR count). The second-order valence-corrected chi connectivity index (χ2v) is 7.28. The quantitative estimate of drug-likeness (QED) is 0.407. The Bertz CT molecular complexity index is 1180. The molecule has 0 saturated carbocycles. The van der Waals surface area contributed by atoms with E-state index < -0.39 is 0 Å². The fourth-order valence-electron chi connectivity index (χ4n) is 3.45. The van der Waals surface area contributed by atoms with Crippen LogP contribution in [-0.2, 0) is 0 Å². The lowest BCUT2D eigenvalue weighted by Gasteiger charge is -2.13. The van der Waals surface area contributed by atoms with Gasteiger partial charge < -0.3 is 15.6 Å². The van der Waals surface area contributed by atoms with Crippen LogP contribution in [0, 0.1) is 0 Å². The highest BCUT2D eigenvalue weighted by atomic mass is 79.9. The van der Waals surface area contributed by atoms with E-state index in [0.717, 1.165) is 43.2 Å². The van der Waals surface area contributed by atoms with E-state index >= 15 is 0 Å². The molecule has 128 valence electrons. The monoisotopic (exact) mass is 406 g/mol. The maximum Gasteiger partial charge on any atom is 0.252 e. The lowest BCUT2D eigenvalue weighted by Crippen LogP contribution is -2.29. The first-order chi connectivity index (χ1) is 12.7. The molecule has 3 heterocycles. The van der Waals surface area contributed by atoms with Crippen LogP contribution in [0.25, 0.3) is 33.1 Å². The maximum atomic E-state index is 12.8. The Morgan fingerprint density at radius 2 is 1.81 bits per heavy atom. The number of H-pyrrole nitrogens is 1. The predicted octanol–water partition coefficient (Wildman–Crippen LogP) is 4.30. The van der Waals surface area contributed by atoms with Crippen LogP contribution in [0.1, 0.15) is 10.4 Å². The number of anilines is 1. The summed E-state index contributed by atoms with van der Waals surface area (Å²) in [5.74, 6) is -0.0845. The minimum atomic E-state index is -0.0845. The van der Waals surface area contributed by atoms with E-state index in [2.05, 4.69) is 43.7 Å². The van der Waals surface area contributed by atoms with E-state index in [4.69, 9.17) is 4.98 Å². The van der Waals surface area contributed by atoms with Crippen LogP contribution in [0.2, 0.25) is 0 Å². The number of aromatic amines is 1. The fraction of sp³-hybridized carbons (Fsp3) is 0.100. The Morgan fingerprint density at radius 1 is 0.923 bits per heavy atom. The number of nitrogens with zero attached hydrogens (tertiary/aromatic N) is 1. The predicted molar refractivity (Wildman–Crippen MR) is 108 cm³/mol. The van der Waals surface area contributed by atoms with Crippen LogP contribution >= 0.6 is 15.9 Å². The molecule has 1 amide bonds. The lowest BCUT2D eigenvalue weighted by atomic mass is 10.0. The molecule has 3 N–H and O–H groups in total. The highest BCUT2D eigenvalue weighted by molar-refractivity contribution is 9.10. The second-order valence-electron chi connectivity index (χ2n) is 6.36. The molecule has 6 heteroatoms. The Balaban J connectivity index is 1.86. The summed E-state index contributed by atoms with van der Waals surface area (Å²) in [5, 5.41) is 8.28. The summed E-state index contributed by atoms with van der Waals surface area (Å²) in [6.07, 6.45) is 1.95. The molecule has 2 aromatic carbocycles. The molecule has 4 aromatic rings. The molecular formula is C20H15BrN4O. The average molecular weight is 407 g/mol. The molecule has 2 aromatic heterocycles. The van der Waals surface area contributed by atoms with Gasteiger partial charge in [-0.2, -0.15) is 0 Å². The van der Waals surface area contributed by atoms with Crippen LogP contribution in [0.15, 0.2) is 53.1 Å². The number of carbonyl (C=O) groups excluding carboxylic acids is 1. The number of halogens is 1. The SMILES string of the molecule is O=C1NCCNc2ccc3[nH]cc(c3c2)-c2cc1c1ccc(Br)cc1n2. The van der Waals surface area contributed by atoms with Crippen molar-refractivity contribution in [1.82, 2.24) is 15.3 Å². The maximum absolute atomic E-state index is 12.8. The van der Waals surface area contributed by atoms with Crippen LogP contribution in [0.3, 0.4) is 0 Å². The fourth-order valence-corrected chi connectivity index (χ4v) is 3.80. The van der Waals surface area contributed by atoms with E-state index in [1.807, 2.05) is 36.5 Å². The summed E-state index contributed by atoms with van der Waals surface area (Å²) in [7, 11) is 0. The Morgan fingerprint density at radius 3 is 2.73 bits per heavy atom. The summed E-state index contributed by atoms with van der Waals surface area (Å²) >= 11 is 3.50. The molecule has 0 unspecified atom stereocenters. The van der Waals surface area contributed by atoms with Gasteiger partial charge in [0.25, 0.3) is 5.91 Å². The molecular weight excluding hydrogens is 392 g/mol. The molecule has 26 heavy (non-hydrogen) atoms. The molecule has 1 aliphatic rings. The van der Waals surface area contributed by atoms with Gasteiger partial charge >= 0.3 is 0 Å². The highest BCUT2D eigenvalue weighted by Crippen LogP contribution is 2.33. The smallest absolute Gasteiger partial charge is 0.252 e. The van der Waals surface area contributed by atoms with Gasteiger partial charge in [0, 0.05) is 51.3 Å². The average Bonchev–Trinajstić information content (AvgIpc) is 3.06. The molecule has 0 fully saturated rings. The molecule has 1 aliphatic heterocycles. The summed E-state index contributed by atoms with van der Waals surface area (Å²) in [5.41, 5.74) is 5.28. The first-order valence-electron chi connectivity index (χ1n) is 8.43. The summed E-state index contributed by atoms with van der Waals surface area (Å²) in [4.78, 5) is 20.9. The summed E-state index contributed by atoms with van der Waals surface area (Å²) < 4.78 is 0.938. The van der Waals surface area contributed by atoms with Crippen molar-refractivity contribution in [3.05, 3.63) is 58.7 Å². The number of carbonyl (C=O) groups is 1. The molecule has 0 saturated heterocycles. The summed E-state index contributed by atoms with van der Waals surface area (Å²) in [6, 6.07) is 13.9. The molecule has 0 radical (unpaired) electrons. The largest absolute Gasteiger partial charge is 0.383 e. The van der Waals surface area contributed by atoms with Crippen molar-refractivity contribution < 1.29 is 4.79 Å². The molecule has 5 nitrogen and oxygen atoms in total. The zero-order valence-electron chi connectivity index (χ0n) is 13.8. The number of pyridine rings is 1. The number of nitrogens with one attached hydrogen (secondary N) is 3. The van der Waals surface area contributed by atoms with E-state index in [1.54, 1.807) is 0 Å². The van der Waals surface area contributed by atoms with Crippen molar-refractivity contribution in [2.45, 2.75) is 0 Å². The van der Waals surface area contributed by atoms with Crippen molar-refractivity contribution in [1.29, 1.82) is 0 Å². The summed E-state index contributed by atoms with van der Waals surface area (Å²) in [6.45, 7) is 1.21. The second kappa shape index (κ2) is 5.85. The van der Waals surface area contributed by atoms with Gasteiger partial charge in [-0.1, -0.05) is 22.0 Å². The molecule has 4 bridgehead atoms. The normalized spacial score (nSPS) is 14.0. The number of rotatable bonds is 0. The van der Waals surface area contributed by atoms with E-state index in [0.29, 0.717) is 18.7 Å². The zero-order chi connectivity index (χ0) is 17.7. The highest BCUT2D eigenvalue weighted by Gasteiger charge is 2.17. The van der Waals surface area contributed by atoms with Gasteiger partial charge in [0.1, 0.15) is 0 Å². The van der Waals surface area contributed by atoms with Gasteiger partial charge in [-0.05, 0) is 36.4 Å². The third-order valence-corrected chi connectivity index (χ3v) is 5.21. The van der Waals surface area contributed by atoms with Gasteiger partial charge in [0.2, 0.25) is 0 Å². The number of hydrogen-bond acceptors (Lipinski definition) is 3. The van der Waals surface area contributed by atoms with Crippen molar-refractivity contribution in [3.63, 3.8) is 0 Å². The molecule has 0 atom stereocenters. The van der Waals surface area contributed by atoms with E-state index in [-0.39, 0.29) is 5.91 Å².